The molecule has 0 bridgehead atoms. The minimum Gasteiger partial charge on any atom is -0.392 e. The third kappa shape index (κ3) is 3.34. The van der Waals surface area contributed by atoms with Crippen molar-refractivity contribution in [1.82, 2.24) is 9.78 Å². The monoisotopic (exact) mass is 245 g/mol. The molecule has 18 heavy (non-hydrogen) atoms. The molecule has 0 saturated carbocycles. The summed E-state index contributed by atoms with van der Waals surface area (Å²) in [5.41, 5.74) is 3.15. The van der Waals surface area contributed by atoms with Crippen molar-refractivity contribution in [3.8, 4) is 0 Å². The number of aliphatic hydroxyl groups excluding tert-OH is 1. The van der Waals surface area contributed by atoms with Crippen LogP contribution in [-0.2, 0) is 19.7 Å². The molecule has 2 rings (SSSR count). The molecule has 96 valence electrons. The Morgan fingerprint density at radius 2 is 2.00 bits per heavy atom. The van der Waals surface area contributed by atoms with E-state index in [1.54, 1.807) is 0 Å². The van der Waals surface area contributed by atoms with Crippen LogP contribution in [0.1, 0.15) is 24.5 Å². The van der Waals surface area contributed by atoms with E-state index >= 15 is 0 Å². The minimum atomic E-state index is 0.0874. The molecule has 0 unspecified atom stereocenters. The number of rotatable bonds is 6. The lowest BCUT2D eigenvalue weighted by Gasteiger charge is -2.05. The zero-order valence-electron chi connectivity index (χ0n) is 10.6. The molecular weight excluding hydrogens is 226 g/mol. The predicted molar refractivity (Wildman–Crippen MR) is 72.2 cm³/mol. The molecule has 0 saturated heterocycles. The average Bonchev–Trinajstić information content (AvgIpc) is 2.85. The van der Waals surface area contributed by atoms with Crippen molar-refractivity contribution in [2.75, 3.05) is 5.32 Å². The normalized spacial score (nSPS) is 10.6. The quantitative estimate of drug-likeness (QED) is 0.821. The van der Waals surface area contributed by atoms with E-state index in [0.29, 0.717) is 0 Å². The van der Waals surface area contributed by atoms with Crippen molar-refractivity contribution in [2.24, 2.45) is 0 Å². The SMILES string of the molecule is CCCn1cc(CNc2ccc(CO)cc2)cn1. The molecule has 4 nitrogen and oxygen atoms in total. The molecule has 2 N–H and O–H groups in total. The first-order chi connectivity index (χ1) is 8.81. The van der Waals surface area contributed by atoms with Gasteiger partial charge in [0.25, 0.3) is 0 Å². The lowest BCUT2D eigenvalue weighted by atomic mass is 10.2. The number of hydrogen-bond acceptors (Lipinski definition) is 3. The van der Waals surface area contributed by atoms with Crippen molar-refractivity contribution in [2.45, 2.75) is 33.0 Å². The number of nitrogens with zero attached hydrogens (tertiary/aromatic N) is 2. The maximum absolute atomic E-state index is 8.96. The standard InChI is InChI=1S/C14H19N3O/c1-2-7-17-10-13(9-16-17)8-15-14-5-3-12(11-18)4-6-14/h3-6,9-10,15,18H,2,7-8,11H2,1H3. The Morgan fingerprint density at radius 3 is 2.67 bits per heavy atom. The largest absolute Gasteiger partial charge is 0.392 e. The summed E-state index contributed by atoms with van der Waals surface area (Å²) in [6.07, 6.45) is 5.06. The summed E-state index contributed by atoms with van der Waals surface area (Å²) in [5, 5.41) is 16.6. The lowest BCUT2D eigenvalue weighted by molar-refractivity contribution is 0.282. The van der Waals surface area contributed by atoms with Gasteiger partial charge in [0, 0.05) is 30.5 Å². The Kier molecular flexibility index (Phi) is 4.36. The van der Waals surface area contributed by atoms with Gasteiger partial charge in [-0.2, -0.15) is 5.10 Å². The van der Waals surface area contributed by atoms with Crippen LogP contribution in [-0.4, -0.2) is 14.9 Å². The highest BCUT2D eigenvalue weighted by Crippen LogP contribution is 2.11. The van der Waals surface area contributed by atoms with Crippen LogP contribution in [0.5, 0.6) is 0 Å². The van der Waals surface area contributed by atoms with Gasteiger partial charge in [-0.25, -0.2) is 0 Å². The summed E-state index contributed by atoms with van der Waals surface area (Å²) in [6.45, 7) is 3.96. The molecule has 0 fully saturated rings. The molecule has 2 aromatic rings. The fourth-order valence-electron chi connectivity index (χ4n) is 1.78. The Morgan fingerprint density at radius 1 is 1.22 bits per heavy atom. The summed E-state index contributed by atoms with van der Waals surface area (Å²) in [5.74, 6) is 0. The van der Waals surface area contributed by atoms with Crippen LogP contribution in [0.4, 0.5) is 5.69 Å². The van der Waals surface area contributed by atoms with Crippen molar-refractivity contribution < 1.29 is 5.11 Å². The molecule has 0 amide bonds. The highest BCUT2D eigenvalue weighted by Gasteiger charge is 1.98. The molecule has 0 aliphatic rings. The zero-order valence-corrected chi connectivity index (χ0v) is 10.6. The van der Waals surface area contributed by atoms with Gasteiger partial charge in [0.05, 0.1) is 12.8 Å². The molecule has 0 radical (unpaired) electrons. The first-order valence-corrected chi connectivity index (χ1v) is 6.27. The van der Waals surface area contributed by atoms with Gasteiger partial charge in [0.15, 0.2) is 0 Å². The van der Waals surface area contributed by atoms with E-state index in [0.717, 1.165) is 30.8 Å². The Bertz CT molecular complexity index is 476. The molecule has 0 aliphatic carbocycles. The topological polar surface area (TPSA) is 50.1 Å². The average molecular weight is 245 g/mol. The molecule has 1 aromatic heterocycles. The van der Waals surface area contributed by atoms with Gasteiger partial charge in [-0.1, -0.05) is 19.1 Å². The summed E-state index contributed by atoms with van der Waals surface area (Å²) in [7, 11) is 0. The molecule has 0 aliphatic heterocycles. The summed E-state index contributed by atoms with van der Waals surface area (Å²) in [4.78, 5) is 0. The maximum atomic E-state index is 8.96. The van der Waals surface area contributed by atoms with Crippen molar-refractivity contribution >= 4 is 5.69 Å². The van der Waals surface area contributed by atoms with E-state index in [2.05, 4.69) is 23.5 Å². The second-order valence-electron chi connectivity index (χ2n) is 4.32. The first-order valence-electron chi connectivity index (χ1n) is 6.27. The number of aryl methyl sites for hydroxylation is 1. The number of anilines is 1. The van der Waals surface area contributed by atoms with E-state index in [1.165, 1.54) is 5.56 Å². The van der Waals surface area contributed by atoms with Crippen LogP contribution in [0, 0.1) is 0 Å². The second-order valence-corrected chi connectivity index (χ2v) is 4.32. The van der Waals surface area contributed by atoms with Gasteiger partial charge in [-0.3, -0.25) is 4.68 Å². The van der Waals surface area contributed by atoms with Gasteiger partial charge < -0.3 is 10.4 Å². The third-order valence-corrected chi connectivity index (χ3v) is 2.77. The lowest BCUT2D eigenvalue weighted by Crippen LogP contribution is -1.99. The van der Waals surface area contributed by atoms with Gasteiger partial charge in [-0.15, -0.1) is 0 Å². The zero-order chi connectivity index (χ0) is 12.8. The van der Waals surface area contributed by atoms with Gasteiger partial charge in [-0.05, 0) is 24.1 Å². The van der Waals surface area contributed by atoms with Crippen molar-refractivity contribution in [3.63, 3.8) is 0 Å². The predicted octanol–water partition coefficient (Wildman–Crippen LogP) is 2.40. The highest BCUT2D eigenvalue weighted by atomic mass is 16.3. The summed E-state index contributed by atoms with van der Waals surface area (Å²) in [6, 6.07) is 7.79. The molecule has 0 atom stereocenters. The minimum absolute atomic E-state index is 0.0874. The highest BCUT2D eigenvalue weighted by molar-refractivity contribution is 5.44. The Labute approximate surface area is 107 Å². The van der Waals surface area contributed by atoms with Gasteiger partial charge in [0.1, 0.15) is 0 Å². The van der Waals surface area contributed by atoms with Crippen LogP contribution in [0.25, 0.3) is 0 Å². The Balaban J connectivity index is 1.89. The third-order valence-electron chi connectivity index (χ3n) is 2.77. The van der Waals surface area contributed by atoms with Crippen LogP contribution < -0.4 is 5.32 Å². The van der Waals surface area contributed by atoms with Crippen molar-refractivity contribution in [1.29, 1.82) is 0 Å². The second kappa shape index (κ2) is 6.21. The van der Waals surface area contributed by atoms with Gasteiger partial charge in [0.2, 0.25) is 0 Å². The van der Waals surface area contributed by atoms with Crippen LogP contribution >= 0.6 is 0 Å². The first kappa shape index (κ1) is 12.6. The molecule has 4 heteroatoms. The van der Waals surface area contributed by atoms with E-state index in [4.69, 9.17) is 5.11 Å². The molecule has 1 heterocycles. The number of benzene rings is 1. The van der Waals surface area contributed by atoms with Crippen LogP contribution in [0.2, 0.25) is 0 Å². The van der Waals surface area contributed by atoms with Gasteiger partial charge >= 0.3 is 0 Å². The fraction of sp³-hybridized carbons (Fsp3) is 0.357. The van der Waals surface area contributed by atoms with Crippen LogP contribution in [0.3, 0.4) is 0 Å². The smallest absolute Gasteiger partial charge is 0.0681 e. The molecular formula is C14H19N3O. The fourth-order valence-corrected chi connectivity index (χ4v) is 1.78. The Hall–Kier alpha value is -1.81. The summed E-state index contributed by atoms with van der Waals surface area (Å²) >= 11 is 0. The van der Waals surface area contributed by atoms with Crippen molar-refractivity contribution in [3.05, 3.63) is 47.8 Å². The van der Waals surface area contributed by atoms with E-state index in [-0.39, 0.29) is 6.61 Å². The number of aliphatic hydroxyl groups is 1. The number of nitrogens with one attached hydrogen (secondary N) is 1. The molecule has 0 spiro atoms. The summed E-state index contributed by atoms with van der Waals surface area (Å²) < 4.78 is 1.96. The number of hydrogen-bond donors (Lipinski definition) is 2. The van der Waals surface area contributed by atoms with Crippen LogP contribution in [0.15, 0.2) is 36.7 Å². The number of aromatic nitrogens is 2. The van der Waals surface area contributed by atoms with E-state index in [9.17, 15) is 0 Å². The van der Waals surface area contributed by atoms with E-state index < -0.39 is 0 Å². The molecule has 1 aromatic carbocycles. The van der Waals surface area contributed by atoms with E-state index in [1.807, 2.05) is 35.1 Å². The maximum Gasteiger partial charge on any atom is 0.0681 e.